The zero-order valence-electron chi connectivity index (χ0n) is 12.3. The fourth-order valence-electron chi connectivity index (χ4n) is 1.78. The topological polar surface area (TPSA) is 53.7 Å². The summed E-state index contributed by atoms with van der Waals surface area (Å²) >= 11 is 1.79. The minimum Gasteiger partial charge on any atom is -0.364 e. The summed E-state index contributed by atoms with van der Waals surface area (Å²) in [4.78, 5) is 8.10. The number of hydrogen-bond donors (Lipinski definition) is 1. The van der Waals surface area contributed by atoms with Gasteiger partial charge in [0, 0.05) is 31.1 Å². The van der Waals surface area contributed by atoms with Gasteiger partial charge in [0.15, 0.2) is 5.96 Å². The van der Waals surface area contributed by atoms with Gasteiger partial charge in [0.1, 0.15) is 12.0 Å². The van der Waals surface area contributed by atoms with Gasteiger partial charge >= 0.3 is 0 Å². The molecule has 0 atom stereocenters. The highest BCUT2D eigenvalue weighted by Gasteiger charge is 2.06. The van der Waals surface area contributed by atoms with E-state index in [-0.39, 0.29) is 24.0 Å². The first-order valence-corrected chi connectivity index (χ1v) is 7.58. The summed E-state index contributed by atoms with van der Waals surface area (Å²) in [5, 5.41) is 9.27. The third-order valence-electron chi connectivity index (χ3n) is 2.85. The number of aromatic nitrogens is 1. The van der Waals surface area contributed by atoms with E-state index in [1.807, 2.05) is 6.07 Å². The van der Waals surface area contributed by atoms with E-state index in [4.69, 9.17) is 4.52 Å². The molecular weight excluding hydrogens is 399 g/mol. The molecule has 2 aromatic heterocycles. The average Bonchev–Trinajstić information content (AvgIpc) is 3.13. The van der Waals surface area contributed by atoms with E-state index in [1.165, 1.54) is 4.88 Å². The van der Waals surface area contributed by atoms with E-state index in [0.717, 1.165) is 31.2 Å². The van der Waals surface area contributed by atoms with Crippen molar-refractivity contribution < 1.29 is 4.52 Å². The highest BCUT2D eigenvalue weighted by molar-refractivity contribution is 14.0. The van der Waals surface area contributed by atoms with Gasteiger partial charge in [-0.3, -0.25) is 0 Å². The molecule has 0 radical (unpaired) electrons. The maximum Gasteiger partial charge on any atom is 0.194 e. The van der Waals surface area contributed by atoms with Crippen LogP contribution in [-0.4, -0.2) is 36.2 Å². The van der Waals surface area contributed by atoms with Gasteiger partial charge in [0.25, 0.3) is 0 Å². The molecule has 1 N–H and O–H groups in total. The Morgan fingerprint density at radius 3 is 2.95 bits per heavy atom. The summed E-state index contributed by atoms with van der Waals surface area (Å²) in [6.45, 7) is 4.38. The van der Waals surface area contributed by atoms with E-state index in [2.05, 4.69) is 51.8 Å². The zero-order valence-corrected chi connectivity index (χ0v) is 15.4. The fourth-order valence-corrected chi connectivity index (χ4v) is 2.48. The Kier molecular flexibility index (Phi) is 8.36. The van der Waals surface area contributed by atoms with Crippen LogP contribution in [0.2, 0.25) is 0 Å². The van der Waals surface area contributed by atoms with Gasteiger partial charge in [-0.1, -0.05) is 11.2 Å². The van der Waals surface area contributed by atoms with Crippen molar-refractivity contribution in [3.05, 3.63) is 40.4 Å². The molecule has 0 unspecified atom stereocenters. The van der Waals surface area contributed by atoms with Crippen LogP contribution in [0.3, 0.4) is 0 Å². The highest BCUT2D eigenvalue weighted by Crippen LogP contribution is 2.09. The standard InChI is InChI=1S/C14H20N4OS.HI/c1-3-15-14(16-11-12-7-9-19-17-12)18(2)8-6-13-5-4-10-20-13;/h4-5,7,9-10H,3,6,8,11H2,1-2H3,(H,15,16);1H. The van der Waals surface area contributed by atoms with Crippen LogP contribution in [0.4, 0.5) is 0 Å². The third kappa shape index (κ3) is 6.04. The van der Waals surface area contributed by atoms with Crippen LogP contribution < -0.4 is 5.32 Å². The van der Waals surface area contributed by atoms with Crippen molar-refractivity contribution in [1.82, 2.24) is 15.4 Å². The lowest BCUT2D eigenvalue weighted by molar-refractivity contribution is 0.411. The van der Waals surface area contributed by atoms with Gasteiger partial charge in [-0.2, -0.15) is 0 Å². The Morgan fingerprint density at radius 1 is 1.48 bits per heavy atom. The number of aliphatic imine (C=N–C) groups is 1. The Hall–Kier alpha value is -1.09. The molecule has 2 heterocycles. The molecule has 21 heavy (non-hydrogen) atoms. The quantitative estimate of drug-likeness (QED) is 0.444. The van der Waals surface area contributed by atoms with Gasteiger partial charge in [-0.25, -0.2) is 4.99 Å². The summed E-state index contributed by atoms with van der Waals surface area (Å²) in [6, 6.07) is 6.08. The first kappa shape index (κ1) is 18.0. The Balaban J connectivity index is 0.00000220. The van der Waals surface area contributed by atoms with Crippen LogP contribution in [-0.2, 0) is 13.0 Å². The fraction of sp³-hybridized carbons (Fsp3) is 0.429. The molecule has 0 aliphatic heterocycles. The van der Waals surface area contributed by atoms with Gasteiger partial charge in [0.05, 0.1) is 6.54 Å². The molecule has 5 nitrogen and oxygen atoms in total. The number of guanidine groups is 1. The van der Waals surface area contributed by atoms with Crippen LogP contribution in [0.15, 0.2) is 39.4 Å². The number of nitrogens with zero attached hydrogens (tertiary/aromatic N) is 3. The van der Waals surface area contributed by atoms with Gasteiger partial charge in [0.2, 0.25) is 0 Å². The average molecular weight is 420 g/mol. The van der Waals surface area contributed by atoms with Gasteiger partial charge < -0.3 is 14.7 Å². The SMILES string of the molecule is CCNC(=NCc1ccon1)N(C)CCc1cccs1.I. The molecule has 0 aromatic carbocycles. The minimum atomic E-state index is 0. The van der Waals surface area contributed by atoms with Crippen molar-refractivity contribution >= 4 is 41.3 Å². The van der Waals surface area contributed by atoms with Crippen LogP contribution >= 0.6 is 35.3 Å². The molecule has 2 rings (SSSR count). The summed E-state index contributed by atoms with van der Waals surface area (Å²) in [7, 11) is 2.05. The van der Waals surface area contributed by atoms with Crippen molar-refractivity contribution in [3.8, 4) is 0 Å². The number of hydrogen-bond acceptors (Lipinski definition) is 4. The van der Waals surface area contributed by atoms with Crippen LogP contribution in [0.1, 0.15) is 17.5 Å². The summed E-state index contributed by atoms with van der Waals surface area (Å²) < 4.78 is 4.81. The third-order valence-corrected chi connectivity index (χ3v) is 3.79. The van der Waals surface area contributed by atoms with Crippen molar-refractivity contribution in [2.24, 2.45) is 4.99 Å². The Morgan fingerprint density at radius 2 is 2.33 bits per heavy atom. The predicted molar refractivity (Wildman–Crippen MR) is 97.4 cm³/mol. The van der Waals surface area contributed by atoms with Crippen LogP contribution in [0.5, 0.6) is 0 Å². The lowest BCUT2D eigenvalue weighted by Crippen LogP contribution is -2.39. The van der Waals surface area contributed by atoms with E-state index < -0.39 is 0 Å². The lowest BCUT2D eigenvalue weighted by atomic mass is 10.3. The first-order chi connectivity index (χ1) is 9.79. The molecule has 116 valence electrons. The predicted octanol–water partition coefficient (Wildman–Crippen LogP) is 2.99. The molecule has 0 fully saturated rings. The molecule has 0 aliphatic carbocycles. The first-order valence-electron chi connectivity index (χ1n) is 6.70. The molecule has 0 aliphatic rings. The lowest BCUT2D eigenvalue weighted by Gasteiger charge is -2.21. The summed E-state index contributed by atoms with van der Waals surface area (Å²) in [5.41, 5.74) is 0.840. The highest BCUT2D eigenvalue weighted by atomic mass is 127. The molecule has 2 aromatic rings. The number of halogens is 1. The van der Waals surface area contributed by atoms with E-state index in [9.17, 15) is 0 Å². The molecular formula is C14H21IN4OS. The van der Waals surface area contributed by atoms with E-state index >= 15 is 0 Å². The summed E-state index contributed by atoms with van der Waals surface area (Å²) in [6.07, 6.45) is 2.60. The maximum absolute atomic E-state index is 4.81. The Bertz CT molecular complexity index is 513. The zero-order chi connectivity index (χ0) is 14.2. The normalized spacial score (nSPS) is 11.0. The molecule has 0 amide bonds. The molecule has 7 heteroatoms. The monoisotopic (exact) mass is 420 g/mol. The van der Waals surface area contributed by atoms with Crippen molar-refractivity contribution in [1.29, 1.82) is 0 Å². The second-order valence-corrected chi connectivity index (χ2v) is 5.44. The number of thiophene rings is 1. The smallest absolute Gasteiger partial charge is 0.194 e. The molecule has 0 saturated heterocycles. The minimum absolute atomic E-state index is 0. The van der Waals surface area contributed by atoms with Gasteiger partial charge in [-0.15, -0.1) is 35.3 Å². The molecule has 0 spiro atoms. The number of likely N-dealkylation sites (N-methyl/N-ethyl adjacent to an activating group) is 1. The number of nitrogens with one attached hydrogen (secondary N) is 1. The maximum atomic E-state index is 4.81. The van der Waals surface area contributed by atoms with E-state index in [0.29, 0.717) is 6.54 Å². The van der Waals surface area contributed by atoms with Gasteiger partial charge in [-0.05, 0) is 24.8 Å². The molecule has 0 bridgehead atoms. The van der Waals surface area contributed by atoms with Crippen molar-refractivity contribution in [2.45, 2.75) is 19.9 Å². The van der Waals surface area contributed by atoms with Crippen LogP contribution in [0, 0.1) is 0 Å². The molecule has 0 saturated carbocycles. The Labute approximate surface area is 146 Å². The van der Waals surface area contributed by atoms with E-state index in [1.54, 1.807) is 17.6 Å². The van der Waals surface area contributed by atoms with Crippen molar-refractivity contribution in [3.63, 3.8) is 0 Å². The second-order valence-electron chi connectivity index (χ2n) is 4.41. The van der Waals surface area contributed by atoms with Crippen molar-refractivity contribution in [2.75, 3.05) is 20.1 Å². The second kappa shape index (κ2) is 9.78. The largest absolute Gasteiger partial charge is 0.364 e. The summed E-state index contributed by atoms with van der Waals surface area (Å²) in [5.74, 6) is 0.895. The number of rotatable bonds is 6. The van der Waals surface area contributed by atoms with Crippen LogP contribution in [0.25, 0.3) is 0 Å².